The maximum absolute atomic E-state index is 13.0. The van der Waals surface area contributed by atoms with Crippen LogP contribution in [0.15, 0.2) is 36.4 Å². The quantitative estimate of drug-likeness (QED) is 0.828. The van der Waals surface area contributed by atoms with Gasteiger partial charge in [0.05, 0.1) is 24.4 Å². The van der Waals surface area contributed by atoms with Gasteiger partial charge in [-0.2, -0.15) is 5.10 Å². The number of rotatable bonds is 5. The van der Waals surface area contributed by atoms with E-state index in [2.05, 4.69) is 21.6 Å². The Balaban J connectivity index is 1.65. The lowest BCUT2D eigenvalue weighted by Gasteiger charge is -2.22. The van der Waals surface area contributed by atoms with Crippen LogP contribution in [0.3, 0.4) is 0 Å². The Bertz CT molecular complexity index is 737. The first kappa shape index (κ1) is 16.4. The second-order valence-electron chi connectivity index (χ2n) is 5.73. The van der Waals surface area contributed by atoms with Crippen molar-refractivity contribution in [2.24, 2.45) is 0 Å². The van der Waals surface area contributed by atoms with E-state index in [0.717, 1.165) is 28.9 Å². The Morgan fingerprint density at radius 2 is 2.17 bits per heavy atom. The number of nitrogens with one attached hydrogen (secondary N) is 2. The fraction of sp³-hybridized carbons (Fsp3) is 0.333. The zero-order chi connectivity index (χ0) is 16.9. The fourth-order valence-electron chi connectivity index (χ4n) is 2.73. The molecule has 0 saturated heterocycles. The molecule has 0 bridgehead atoms. The summed E-state index contributed by atoms with van der Waals surface area (Å²) in [5, 5.41) is 10.7. The Labute approximate surface area is 139 Å². The van der Waals surface area contributed by atoms with Crippen LogP contribution < -0.4 is 5.32 Å². The zero-order valence-corrected chi connectivity index (χ0v) is 13.5. The van der Waals surface area contributed by atoms with Crippen LogP contribution in [0.2, 0.25) is 0 Å². The molecular weight excluding hydrogens is 309 g/mol. The highest BCUT2D eigenvalue weighted by Crippen LogP contribution is 2.23. The Kier molecular flexibility index (Phi) is 5.05. The molecular formula is C18H20FN3O2. The third kappa shape index (κ3) is 3.89. The number of hydrogen-bond acceptors (Lipinski definition) is 4. The van der Waals surface area contributed by atoms with Crippen LogP contribution in [0, 0.1) is 5.82 Å². The molecule has 0 aliphatic carbocycles. The van der Waals surface area contributed by atoms with Gasteiger partial charge in [0, 0.05) is 18.2 Å². The molecule has 1 aromatic heterocycles. The van der Waals surface area contributed by atoms with Gasteiger partial charge in [0.15, 0.2) is 0 Å². The minimum absolute atomic E-state index is 0.104. The van der Waals surface area contributed by atoms with Crippen molar-refractivity contribution < 1.29 is 13.9 Å². The van der Waals surface area contributed by atoms with Crippen LogP contribution in [-0.4, -0.2) is 35.4 Å². The molecule has 1 aliphatic rings. The fourth-order valence-corrected chi connectivity index (χ4v) is 2.73. The number of aromatic nitrogens is 2. The molecule has 0 radical (unpaired) electrons. The normalized spacial score (nSPS) is 17.4. The van der Waals surface area contributed by atoms with Gasteiger partial charge >= 0.3 is 5.97 Å². The lowest BCUT2D eigenvalue weighted by molar-refractivity contribution is -0.143. The summed E-state index contributed by atoms with van der Waals surface area (Å²) in [5.74, 6) is -0.437. The van der Waals surface area contributed by atoms with Crippen LogP contribution in [0.25, 0.3) is 16.8 Å². The number of carbonyl (C=O) groups is 1. The average Bonchev–Trinajstić information content (AvgIpc) is 3.06. The lowest BCUT2D eigenvalue weighted by Crippen LogP contribution is -2.35. The van der Waals surface area contributed by atoms with Crippen LogP contribution in [-0.2, 0) is 9.53 Å². The largest absolute Gasteiger partial charge is 0.466 e. The number of nitrogens with zero attached hydrogens (tertiary/aromatic N) is 1. The van der Waals surface area contributed by atoms with Crippen molar-refractivity contribution in [3.63, 3.8) is 0 Å². The second kappa shape index (κ2) is 7.40. The number of halogens is 1. The highest BCUT2D eigenvalue weighted by atomic mass is 19.1. The summed E-state index contributed by atoms with van der Waals surface area (Å²) in [5.41, 5.74) is 3.68. The van der Waals surface area contributed by atoms with Gasteiger partial charge in [-0.15, -0.1) is 0 Å². The van der Waals surface area contributed by atoms with E-state index in [1.165, 1.54) is 12.1 Å². The van der Waals surface area contributed by atoms with Crippen molar-refractivity contribution in [3.05, 3.63) is 47.9 Å². The standard InChI is InChI=1S/C18H20FN3O2/c1-2-24-18(23)9-15-8-5-13(11-20-15)17-10-16(21-22-17)12-3-6-14(19)7-4-12/h3-7,10,15,20H,2,8-9,11H2,1H3,(H,21,22). The topological polar surface area (TPSA) is 67.0 Å². The average molecular weight is 329 g/mol. The molecule has 6 heteroatoms. The number of hydrogen-bond donors (Lipinski definition) is 2. The summed E-state index contributed by atoms with van der Waals surface area (Å²) in [4.78, 5) is 11.5. The van der Waals surface area contributed by atoms with Crippen LogP contribution in [0.1, 0.15) is 25.5 Å². The maximum atomic E-state index is 13.0. The molecule has 5 nitrogen and oxygen atoms in total. The van der Waals surface area contributed by atoms with E-state index < -0.39 is 0 Å². The SMILES string of the molecule is CCOC(=O)CC1CC=C(c2cc(-c3ccc(F)cc3)n[nH]2)CN1. The summed E-state index contributed by atoms with van der Waals surface area (Å²) in [6.45, 7) is 2.88. The van der Waals surface area contributed by atoms with Gasteiger partial charge in [0.2, 0.25) is 0 Å². The molecule has 3 rings (SSSR count). The van der Waals surface area contributed by atoms with Gasteiger partial charge in [-0.05, 0) is 49.2 Å². The van der Waals surface area contributed by atoms with Gasteiger partial charge in [0.25, 0.3) is 0 Å². The van der Waals surface area contributed by atoms with Gasteiger partial charge in [-0.3, -0.25) is 9.89 Å². The van der Waals surface area contributed by atoms with E-state index >= 15 is 0 Å². The number of benzene rings is 1. The molecule has 1 atom stereocenters. The number of esters is 1. The van der Waals surface area contributed by atoms with E-state index in [0.29, 0.717) is 19.6 Å². The third-order valence-electron chi connectivity index (χ3n) is 4.01. The van der Waals surface area contributed by atoms with Crippen molar-refractivity contribution in [2.45, 2.75) is 25.8 Å². The van der Waals surface area contributed by atoms with Crippen LogP contribution >= 0.6 is 0 Å². The zero-order valence-electron chi connectivity index (χ0n) is 13.5. The molecule has 1 aliphatic heterocycles. The molecule has 126 valence electrons. The lowest BCUT2D eigenvalue weighted by atomic mass is 10.0. The molecule has 1 aromatic carbocycles. The summed E-state index contributed by atoms with van der Waals surface area (Å²) >= 11 is 0. The predicted octanol–water partition coefficient (Wildman–Crippen LogP) is 2.91. The molecule has 0 saturated carbocycles. The highest BCUT2D eigenvalue weighted by molar-refractivity contribution is 5.72. The maximum Gasteiger partial charge on any atom is 0.307 e. The van der Waals surface area contributed by atoms with E-state index in [9.17, 15) is 9.18 Å². The summed E-state index contributed by atoms with van der Waals surface area (Å²) in [6.07, 6.45) is 3.25. The Hall–Kier alpha value is -2.47. The number of carbonyl (C=O) groups excluding carboxylic acids is 1. The molecule has 2 heterocycles. The summed E-state index contributed by atoms with van der Waals surface area (Å²) in [7, 11) is 0. The van der Waals surface area contributed by atoms with Gasteiger partial charge in [-0.25, -0.2) is 4.39 Å². The smallest absolute Gasteiger partial charge is 0.307 e. The number of ether oxygens (including phenoxy) is 1. The van der Waals surface area contributed by atoms with E-state index in [4.69, 9.17) is 4.74 Å². The molecule has 24 heavy (non-hydrogen) atoms. The predicted molar refractivity (Wildman–Crippen MR) is 89.6 cm³/mol. The van der Waals surface area contributed by atoms with Gasteiger partial charge in [-0.1, -0.05) is 6.08 Å². The molecule has 2 aromatic rings. The van der Waals surface area contributed by atoms with E-state index in [1.807, 2.05) is 6.07 Å². The minimum Gasteiger partial charge on any atom is -0.466 e. The molecule has 0 spiro atoms. The van der Waals surface area contributed by atoms with Crippen molar-refractivity contribution in [2.75, 3.05) is 13.2 Å². The molecule has 2 N–H and O–H groups in total. The highest BCUT2D eigenvalue weighted by Gasteiger charge is 2.19. The third-order valence-corrected chi connectivity index (χ3v) is 4.01. The number of aromatic amines is 1. The molecule has 0 fully saturated rings. The van der Waals surface area contributed by atoms with E-state index in [-0.39, 0.29) is 17.8 Å². The minimum atomic E-state index is -0.263. The molecule has 0 amide bonds. The van der Waals surface area contributed by atoms with Crippen LogP contribution in [0.5, 0.6) is 0 Å². The first-order valence-electron chi connectivity index (χ1n) is 8.05. The summed E-state index contributed by atoms with van der Waals surface area (Å²) in [6, 6.07) is 8.31. The van der Waals surface area contributed by atoms with Gasteiger partial charge < -0.3 is 10.1 Å². The summed E-state index contributed by atoms with van der Waals surface area (Å²) < 4.78 is 18.0. The van der Waals surface area contributed by atoms with Crippen molar-refractivity contribution >= 4 is 11.5 Å². The van der Waals surface area contributed by atoms with Crippen molar-refractivity contribution in [1.29, 1.82) is 0 Å². The number of H-pyrrole nitrogens is 1. The van der Waals surface area contributed by atoms with Crippen molar-refractivity contribution in [3.8, 4) is 11.3 Å². The Morgan fingerprint density at radius 1 is 1.38 bits per heavy atom. The van der Waals surface area contributed by atoms with E-state index in [1.54, 1.807) is 19.1 Å². The van der Waals surface area contributed by atoms with Crippen LogP contribution in [0.4, 0.5) is 4.39 Å². The Morgan fingerprint density at radius 3 is 2.83 bits per heavy atom. The van der Waals surface area contributed by atoms with Crippen molar-refractivity contribution in [1.82, 2.24) is 15.5 Å². The second-order valence-corrected chi connectivity index (χ2v) is 5.73. The first-order chi connectivity index (χ1) is 11.7. The monoisotopic (exact) mass is 329 g/mol. The van der Waals surface area contributed by atoms with Gasteiger partial charge in [0.1, 0.15) is 5.82 Å². The first-order valence-corrected chi connectivity index (χ1v) is 8.05. The molecule has 1 unspecified atom stereocenters.